The lowest BCUT2D eigenvalue weighted by atomic mass is 10.0. The van der Waals surface area contributed by atoms with Crippen LogP contribution >= 0.6 is 0 Å². The summed E-state index contributed by atoms with van der Waals surface area (Å²) in [6, 6.07) is 6.69. The van der Waals surface area contributed by atoms with E-state index in [0.717, 1.165) is 5.56 Å². The van der Waals surface area contributed by atoms with Crippen molar-refractivity contribution in [3.63, 3.8) is 0 Å². The van der Waals surface area contributed by atoms with Crippen molar-refractivity contribution in [3.8, 4) is 17.0 Å². The summed E-state index contributed by atoms with van der Waals surface area (Å²) in [6.45, 7) is 3.21. The fourth-order valence-electron chi connectivity index (χ4n) is 2.06. The van der Waals surface area contributed by atoms with Crippen LogP contribution in [0.5, 0.6) is 5.75 Å². The molecule has 0 saturated carbocycles. The molecular formula is C16H19N3O4. The lowest BCUT2D eigenvalue weighted by Gasteiger charge is -2.17. The standard InChI is InChI=1S/C16H19N3O4/c1-9(16(21)22)10(2)18-15(20)13-8-17-19-14(13)11-4-6-12(23-3)7-5-11/h4-10H,1-3H3,(H,17,19)(H,18,20)(H,21,22). The first kappa shape index (κ1) is 16.5. The van der Waals surface area contributed by atoms with Crippen LogP contribution < -0.4 is 10.1 Å². The minimum atomic E-state index is -0.958. The number of hydrogen-bond acceptors (Lipinski definition) is 4. The molecule has 0 fully saturated rings. The van der Waals surface area contributed by atoms with E-state index in [9.17, 15) is 9.59 Å². The van der Waals surface area contributed by atoms with Crippen molar-refractivity contribution in [1.82, 2.24) is 15.5 Å². The van der Waals surface area contributed by atoms with E-state index in [-0.39, 0.29) is 5.91 Å². The first-order valence-electron chi connectivity index (χ1n) is 7.15. The largest absolute Gasteiger partial charge is 0.497 e. The second-order valence-corrected chi connectivity index (χ2v) is 5.28. The third-order valence-corrected chi connectivity index (χ3v) is 3.76. The lowest BCUT2D eigenvalue weighted by molar-refractivity contribution is -0.141. The van der Waals surface area contributed by atoms with Gasteiger partial charge in [-0.2, -0.15) is 5.10 Å². The zero-order chi connectivity index (χ0) is 17.0. The average Bonchev–Trinajstić information content (AvgIpc) is 3.03. The maximum absolute atomic E-state index is 12.4. The highest BCUT2D eigenvalue weighted by molar-refractivity contribution is 6.00. The molecule has 0 saturated heterocycles. The van der Waals surface area contributed by atoms with Gasteiger partial charge >= 0.3 is 5.97 Å². The number of benzene rings is 1. The quantitative estimate of drug-likeness (QED) is 0.755. The van der Waals surface area contributed by atoms with Crippen LogP contribution in [0.2, 0.25) is 0 Å². The van der Waals surface area contributed by atoms with Crippen LogP contribution in [0.4, 0.5) is 0 Å². The molecule has 2 rings (SSSR count). The summed E-state index contributed by atoms with van der Waals surface area (Å²) in [5.41, 5.74) is 1.72. The fourth-order valence-corrected chi connectivity index (χ4v) is 2.06. The molecule has 0 spiro atoms. The number of nitrogens with zero attached hydrogens (tertiary/aromatic N) is 1. The van der Waals surface area contributed by atoms with E-state index in [2.05, 4.69) is 15.5 Å². The summed E-state index contributed by atoms with van der Waals surface area (Å²) in [6.07, 6.45) is 1.42. The molecule has 0 radical (unpaired) electrons. The van der Waals surface area contributed by atoms with Gasteiger partial charge in [0, 0.05) is 11.6 Å². The van der Waals surface area contributed by atoms with Gasteiger partial charge in [0.1, 0.15) is 5.75 Å². The normalized spacial score (nSPS) is 13.2. The number of H-pyrrole nitrogens is 1. The van der Waals surface area contributed by atoms with E-state index in [1.54, 1.807) is 33.1 Å². The number of aromatic amines is 1. The Kier molecular flexibility index (Phi) is 5.00. The van der Waals surface area contributed by atoms with E-state index in [4.69, 9.17) is 9.84 Å². The Balaban J connectivity index is 2.19. The number of hydrogen-bond donors (Lipinski definition) is 3. The van der Waals surface area contributed by atoms with Crippen molar-refractivity contribution in [2.45, 2.75) is 19.9 Å². The Hall–Kier alpha value is -2.83. The van der Waals surface area contributed by atoms with Gasteiger partial charge in [-0.3, -0.25) is 14.7 Å². The SMILES string of the molecule is COc1ccc(-c2[nH]ncc2C(=O)NC(C)C(C)C(=O)O)cc1. The van der Waals surface area contributed by atoms with E-state index >= 15 is 0 Å². The second kappa shape index (κ2) is 6.95. The number of aliphatic carboxylic acids is 1. The predicted molar refractivity (Wildman–Crippen MR) is 84.3 cm³/mol. The Labute approximate surface area is 133 Å². The molecule has 0 aliphatic carbocycles. The predicted octanol–water partition coefficient (Wildman–Crippen LogP) is 1.92. The molecule has 0 aliphatic heterocycles. The highest BCUT2D eigenvalue weighted by atomic mass is 16.5. The smallest absolute Gasteiger partial charge is 0.308 e. The van der Waals surface area contributed by atoms with Gasteiger partial charge in [-0.25, -0.2) is 0 Å². The van der Waals surface area contributed by atoms with Gasteiger partial charge in [-0.15, -0.1) is 0 Å². The molecule has 122 valence electrons. The monoisotopic (exact) mass is 317 g/mol. The molecule has 0 aliphatic rings. The summed E-state index contributed by atoms with van der Waals surface area (Å²) >= 11 is 0. The molecule has 7 heteroatoms. The highest BCUT2D eigenvalue weighted by Crippen LogP contribution is 2.23. The minimum absolute atomic E-state index is 0.361. The summed E-state index contributed by atoms with van der Waals surface area (Å²) in [5.74, 6) is -1.30. The third-order valence-electron chi connectivity index (χ3n) is 3.76. The number of rotatable bonds is 6. The second-order valence-electron chi connectivity index (χ2n) is 5.28. The number of aromatic nitrogens is 2. The topological polar surface area (TPSA) is 104 Å². The molecule has 1 aromatic carbocycles. The van der Waals surface area contributed by atoms with Crippen LogP contribution in [0.15, 0.2) is 30.5 Å². The van der Waals surface area contributed by atoms with Gasteiger partial charge in [-0.05, 0) is 38.1 Å². The van der Waals surface area contributed by atoms with Crippen LogP contribution in [0.1, 0.15) is 24.2 Å². The van der Waals surface area contributed by atoms with Crippen LogP contribution in [-0.2, 0) is 4.79 Å². The summed E-state index contributed by atoms with van der Waals surface area (Å²) in [4.78, 5) is 23.3. The number of carboxylic acids is 1. The van der Waals surface area contributed by atoms with Crippen LogP contribution in [-0.4, -0.2) is 40.3 Å². The molecule has 1 aromatic heterocycles. The first-order valence-corrected chi connectivity index (χ1v) is 7.15. The van der Waals surface area contributed by atoms with Crippen molar-refractivity contribution >= 4 is 11.9 Å². The average molecular weight is 317 g/mol. The van der Waals surface area contributed by atoms with Crippen molar-refractivity contribution < 1.29 is 19.4 Å². The number of amides is 1. The molecule has 2 atom stereocenters. The van der Waals surface area contributed by atoms with E-state index in [1.165, 1.54) is 6.20 Å². The maximum Gasteiger partial charge on any atom is 0.308 e. The summed E-state index contributed by atoms with van der Waals surface area (Å²) < 4.78 is 5.10. The molecule has 1 amide bonds. The molecule has 7 nitrogen and oxygen atoms in total. The van der Waals surface area contributed by atoms with Crippen molar-refractivity contribution in [2.24, 2.45) is 5.92 Å². The highest BCUT2D eigenvalue weighted by Gasteiger charge is 2.23. The van der Waals surface area contributed by atoms with Crippen molar-refractivity contribution in [2.75, 3.05) is 7.11 Å². The van der Waals surface area contributed by atoms with E-state index in [0.29, 0.717) is 17.0 Å². The van der Waals surface area contributed by atoms with Gasteiger partial charge in [0.15, 0.2) is 0 Å². The van der Waals surface area contributed by atoms with Gasteiger partial charge in [-0.1, -0.05) is 0 Å². The van der Waals surface area contributed by atoms with Gasteiger partial charge in [0.05, 0.1) is 30.5 Å². The fraction of sp³-hybridized carbons (Fsp3) is 0.312. The zero-order valence-electron chi connectivity index (χ0n) is 13.2. The molecule has 3 N–H and O–H groups in total. The third kappa shape index (κ3) is 3.68. The number of carboxylic acid groups (broad SMARTS) is 1. The molecule has 2 aromatic rings. The Morgan fingerprint density at radius 2 is 1.91 bits per heavy atom. The van der Waals surface area contributed by atoms with Crippen LogP contribution in [0, 0.1) is 5.92 Å². The van der Waals surface area contributed by atoms with Gasteiger partial charge in [0.25, 0.3) is 5.91 Å². The zero-order valence-corrected chi connectivity index (χ0v) is 13.2. The summed E-state index contributed by atoms with van der Waals surface area (Å²) in [7, 11) is 1.58. The Bertz CT molecular complexity index is 694. The van der Waals surface area contributed by atoms with E-state index in [1.807, 2.05) is 12.1 Å². The molecule has 2 unspecified atom stereocenters. The number of carbonyl (C=O) groups is 2. The van der Waals surface area contributed by atoms with Gasteiger partial charge in [0.2, 0.25) is 0 Å². The lowest BCUT2D eigenvalue weighted by Crippen LogP contribution is -2.40. The van der Waals surface area contributed by atoms with Gasteiger partial charge < -0.3 is 15.2 Å². The van der Waals surface area contributed by atoms with E-state index < -0.39 is 17.9 Å². The Morgan fingerprint density at radius 1 is 1.26 bits per heavy atom. The molecular weight excluding hydrogens is 298 g/mol. The maximum atomic E-state index is 12.4. The molecule has 0 bridgehead atoms. The number of carbonyl (C=O) groups excluding carboxylic acids is 1. The molecule has 23 heavy (non-hydrogen) atoms. The summed E-state index contributed by atoms with van der Waals surface area (Å²) in [5, 5.41) is 18.4. The number of methoxy groups -OCH3 is 1. The number of nitrogens with one attached hydrogen (secondary N) is 2. The minimum Gasteiger partial charge on any atom is -0.497 e. The van der Waals surface area contributed by atoms with Crippen molar-refractivity contribution in [3.05, 3.63) is 36.0 Å². The van der Waals surface area contributed by atoms with Crippen LogP contribution in [0.25, 0.3) is 11.3 Å². The Morgan fingerprint density at radius 3 is 2.48 bits per heavy atom. The van der Waals surface area contributed by atoms with Crippen LogP contribution in [0.3, 0.4) is 0 Å². The first-order chi connectivity index (χ1) is 10.9. The number of ether oxygens (including phenoxy) is 1. The van der Waals surface area contributed by atoms with Crippen molar-refractivity contribution in [1.29, 1.82) is 0 Å². The molecule has 1 heterocycles.